The molecule has 1 aromatic rings. The number of benzene rings is 1. The number of halogens is 4. The molecule has 20 heavy (non-hydrogen) atoms. The van der Waals surface area contributed by atoms with Gasteiger partial charge >= 0.3 is 6.18 Å². The van der Waals surface area contributed by atoms with Gasteiger partial charge in [0.25, 0.3) is 5.91 Å². The van der Waals surface area contributed by atoms with Crippen LogP contribution in [0.25, 0.3) is 0 Å². The fourth-order valence-electron chi connectivity index (χ4n) is 2.15. The van der Waals surface area contributed by atoms with Gasteiger partial charge in [0.2, 0.25) is 0 Å². The molecule has 1 aromatic carbocycles. The van der Waals surface area contributed by atoms with E-state index in [1.807, 2.05) is 6.92 Å². The highest BCUT2D eigenvalue weighted by molar-refractivity contribution is 5.94. The maximum Gasteiger partial charge on any atom is 0.416 e. The first-order valence-electron chi connectivity index (χ1n) is 6.18. The molecule has 0 bridgehead atoms. The number of nitrogens with one attached hydrogen (secondary N) is 1. The van der Waals surface area contributed by atoms with Crippen molar-refractivity contribution < 1.29 is 22.4 Å². The second kappa shape index (κ2) is 5.40. The van der Waals surface area contributed by atoms with Crippen molar-refractivity contribution in [3.05, 3.63) is 35.1 Å². The van der Waals surface area contributed by atoms with Crippen molar-refractivity contribution >= 4 is 5.91 Å². The molecule has 0 aliphatic carbocycles. The van der Waals surface area contributed by atoms with Crippen LogP contribution in [0.3, 0.4) is 0 Å². The minimum Gasteiger partial charge on any atom is -0.336 e. The third-order valence-electron chi connectivity index (χ3n) is 3.18. The second-order valence-electron chi connectivity index (χ2n) is 4.80. The van der Waals surface area contributed by atoms with Crippen LogP contribution in [-0.4, -0.2) is 36.5 Å². The van der Waals surface area contributed by atoms with Gasteiger partial charge in [0.05, 0.1) is 11.1 Å². The topological polar surface area (TPSA) is 32.3 Å². The monoisotopic (exact) mass is 290 g/mol. The number of rotatable bonds is 1. The van der Waals surface area contributed by atoms with Gasteiger partial charge in [-0.15, -0.1) is 0 Å². The van der Waals surface area contributed by atoms with E-state index in [1.54, 1.807) is 0 Å². The average molecular weight is 290 g/mol. The predicted octanol–water partition coefficient (Wildman–Crippen LogP) is 2.28. The van der Waals surface area contributed by atoms with Crippen molar-refractivity contribution in [2.24, 2.45) is 0 Å². The molecule has 0 saturated carbocycles. The number of alkyl halides is 3. The van der Waals surface area contributed by atoms with Crippen LogP contribution in [0, 0.1) is 5.82 Å². The SMILES string of the molecule is C[C@H]1CN(C(=O)c2cc(C(F)(F)F)ccc2F)CCN1. The zero-order valence-electron chi connectivity index (χ0n) is 10.8. The maximum absolute atomic E-state index is 13.6. The predicted molar refractivity (Wildman–Crippen MR) is 64.8 cm³/mol. The lowest BCUT2D eigenvalue weighted by atomic mass is 10.1. The van der Waals surface area contributed by atoms with E-state index in [9.17, 15) is 22.4 Å². The van der Waals surface area contributed by atoms with Gasteiger partial charge in [0.1, 0.15) is 5.82 Å². The summed E-state index contributed by atoms with van der Waals surface area (Å²) in [6.07, 6.45) is -4.60. The van der Waals surface area contributed by atoms with Gasteiger partial charge in [-0.05, 0) is 25.1 Å². The lowest BCUT2D eigenvalue weighted by Crippen LogP contribution is -2.51. The van der Waals surface area contributed by atoms with Crippen LogP contribution in [0.4, 0.5) is 17.6 Å². The number of nitrogens with zero attached hydrogens (tertiary/aromatic N) is 1. The van der Waals surface area contributed by atoms with Crippen molar-refractivity contribution in [1.29, 1.82) is 0 Å². The van der Waals surface area contributed by atoms with Crippen LogP contribution in [0.1, 0.15) is 22.8 Å². The number of hydrogen-bond acceptors (Lipinski definition) is 2. The molecule has 1 atom stereocenters. The van der Waals surface area contributed by atoms with Gasteiger partial charge < -0.3 is 10.2 Å². The Balaban J connectivity index is 2.29. The van der Waals surface area contributed by atoms with Crippen molar-refractivity contribution in [3.63, 3.8) is 0 Å². The smallest absolute Gasteiger partial charge is 0.336 e. The molecule has 0 radical (unpaired) electrons. The number of amides is 1. The molecule has 1 heterocycles. The third kappa shape index (κ3) is 3.09. The highest BCUT2D eigenvalue weighted by Crippen LogP contribution is 2.30. The largest absolute Gasteiger partial charge is 0.416 e. The molecule has 1 aliphatic rings. The summed E-state index contributed by atoms with van der Waals surface area (Å²) in [5, 5.41) is 3.10. The van der Waals surface area contributed by atoms with Gasteiger partial charge in [-0.25, -0.2) is 4.39 Å². The molecule has 1 N–H and O–H groups in total. The Morgan fingerprint density at radius 1 is 1.40 bits per heavy atom. The van der Waals surface area contributed by atoms with Gasteiger partial charge in [0.15, 0.2) is 0 Å². The fraction of sp³-hybridized carbons (Fsp3) is 0.462. The average Bonchev–Trinajstić information content (AvgIpc) is 2.37. The van der Waals surface area contributed by atoms with E-state index in [1.165, 1.54) is 4.90 Å². The number of carbonyl (C=O) groups is 1. The lowest BCUT2D eigenvalue weighted by Gasteiger charge is -2.32. The van der Waals surface area contributed by atoms with E-state index in [0.29, 0.717) is 37.8 Å². The van der Waals surface area contributed by atoms with Crippen LogP contribution in [0.15, 0.2) is 18.2 Å². The summed E-state index contributed by atoms with van der Waals surface area (Å²) in [5.74, 6) is -1.64. The van der Waals surface area contributed by atoms with Gasteiger partial charge in [-0.2, -0.15) is 13.2 Å². The molecule has 1 aliphatic heterocycles. The van der Waals surface area contributed by atoms with Crippen molar-refractivity contribution in [1.82, 2.24) is 10.2 Å². The lowest BCUT2D eigenvalue weighted by molar-refractivity contribution is -0.137. The minimum atomic E-state index is -4.60. The van der Waals surface area contributed by atoms with Crippen molar-refractivity contribution in [2.75, 3.05) is 19.6 Å². The Labute approximate surface area is 113 Å². The first kappa shape index (κ1) is 14.8. The number of piperazine rings is 1. The number of carbonyl (C=O) groups excluding carboxylic acids is 1. The summed E-state index contributed by atoms with van der Waals surface area (Å²) >= 11 is 0. The van der Waals surface area contributed by atoms with Gasteiger partial charge in [-0.1, -0.05) is 0 Å². The fourth-order valence-corrected chi connectivity index (χ4v) is 2.15. The molecule has 7 heteroatoms. The second-order valence-corrected chi connectivity index (χ2v) is 4.80. The molecule has 0 spiro atoms. The van der Waals surface area contributed by atoms with Crippen LogP contribution in [0.2, 0.25) is 0 Å². The Morgan fingerprint density at radius 2 is 2.10 bits per heavy atom. The highest BCUT2D eigenvalue weighted by Gasteiger charge is 2.33. The molecular weight excluding hydrogens is 276 g/mol. The van der Waals surface area contributed by atoms with E-state index >= 15 is 0 Å². The zero-order chi connectivity index (χ0) is 14.9. The van der Waals surface area contributed by atoms with E-state index in [0.717, 1.165) is 0 Å². The zero-order valence-corrected chi connectivity index (χ0v) is 10.8. The van der Waals surface area contributed by atoms with Crippen LogP contribution >= 0.6 is 0 Å². The molecular formula is C13H14F4N2O. The summed E-state index contributed by atoms with van der Waals surface area (Å²) < 4.78 is 51.5. The maximum atomic E-state index is 13.6. The first-order chi connectivity index (χ1) is 9.29. The van der Waals surface area contributed by atoms with Crippen LogP contribution < -0.4 is 5.32 Å². The Bertz CT molecular complexity index is 516. The Kier molecular flexibility index (Phi) is 3.99. The first-order valence-corrected chi connectivity index (χ1v) is 6.18. The molecule has 1 amide bonds. The summed E-state index contributed by atoms with van der Waals surface area (Å²) in [6, 6.07) is 1.92. The molecule has 110 valence electrons. The van der Waals surface area contributed by atoms with E-state index in [4.69, 9.17) is 0 Å². The highest BCUT2D eigenvalue weighted by atomic mass is 19.4. The van der Waals surface area contributed by atoms with Gasteiger partial charge in [0, 0.05) is 25.7 Å². The summed E-state index contributed by atoms with van der Waals surface area (Å²) in [5.41, 5.74) is -1.56. The molecule has 1 saturated heterocycles. The molecule has 3 nitrogen and oxygen atoms in total. The van der Waals surface area contributed by atoms with Crippen LogP contribution in [0.5, 0.6) is 0 Å². The quantitative estimate of drug-likeness (QED) is 0.805. The third-order valence-corrected chi connectivity index (χ3v) is 3.18. The van der Waals surface area contributed by atoms with Gasteiger partial charge in [-0.3, -0.25) is 4.79 Å². The summed E-state index contributed by atoms with van der Waals surface area (Å²) in [7, 11) is 0. The Hall–Kier alpha value is -1.63. The molecule has 0 aromatic heterocycles. The summed E-state index contributed by atoms with van der Waals surface area (Å²) in [6.45, 7) is 3.07. The Morgan fingerprint density at radius 3 is 2.70 bits per heavy atom. The van der Waals surface area contributed by atoms with Crippen molar-refractivity contribution in [3.8, 4) is 0 Å². The minimum absolute atomic E-state index is 0.0292. The number of hydrogen-bond donors (Lipinski definition) is 1. The summed E-state index contributed by atoms with van der Waals surface area (Å²) in [4.78, 5) is 13.5. The van der Waals surface area contributed by atoms with Crippen molar-refractivity contribution in [2.45, 2.75) is 19.1 Å². The molecule has 1 fully saturated rings. The molecule has 0 unspecified atom stereocenters. The standard InChI is InChI=1S/C13H14F4N2O/c1-8-7-19(5-4-18-8)12(20)10-6-9(13(15,16)17)2-3-11(10)14/h2-3,6,8,18H,4-5,7H2,1H3/t8-/m0/s1. The van der Waals surface area contributed by atoms with Crippen LogP contribution in [-0.2, 0) is 6.18 Å². The van der Waals surface area contributed by atoms with E-state index in [-0.39, 0.29) is 6.04 Å². The normalized spacial score (nSPS) is 20.1. The van der Waals surface area contributed by atoms with E-state index < -0.39 is 29.0 Å². The molecule has 2 rings (SSSR count). The van der Waals surface area contributed by atoms with E-state index in [2.05, 4.69) is 5.32 Å².